The van der Waals surface area contributed by atoms with E-state index in [9.17, 15) is 0 Å². The summed E-state index contributed by atoms with van der Waals surface area (Å²) in [4.78, 5) is 9.36. The number of anilines is 1. The van der Waals surface area contributed by atoms with Crippen molar-refractivity contribution in [3.63, 3.8) is 0 Å². The molecule has 0 saturated carbocycles. The van der Waals surface area contributed by atoms with Gasteiger partial charge in [-0.2, -0.15) is 5.10 Å². The Kier molecular flexibility index (Phi) is 4.50. The number of aryl methyl sites for hydroxylation is 1. The van der Waals surface area contributed by atoms with Crippen molar-refractivity contribution in [3.8, 4) is 0 Å². The van der Waals surface area contributed by atoms with Gasteiger partial charge in [0.25, 0.3) is 0 Å². The van der Waals surface area contributed by atoms with Crippen LogP contribution in [0, 0.1) is 0 Å². The summed E-state index contributed by atoms with van der Waals surface area (Å²) >= 11 is 0. The topological polar surface area (TPSA) is 37.2 Å². The normalized spacial score (nSPS) is 16.9. The molecule has 3 heterocycles. The van der Waals surface area contributed by atoms with E-state index < -0.39 is 0 Å². The van der Waals surface area contributed by atoms with Gasteiger partial charge in [-0.3, -0.25) is 9.58 Å². The van der Waals surface area contributed by atoms with Crippen LogP contribution in [-0.4, -0.2) is 45.8 Å². The van der Waals surface area contributed by atoms with Crippen LogP contribution in [0.4, 0.5) is 5.82 Å². The minimum absolute atomic E-state index is 0.938. The lowest BCUT2D eigenvalue weighted by Gasteiger charge is -2.22. The molecule has 112 valence electrons. The second kappa shape index (κ2) is 6.72. The Bertz CT molecular complexity index is 551. The number of aromatic nitrogens is 3. The molecule has 0 aliphatic carbocycles. The molecule has 0 spiro atoms. The molecule has 0 bridgehead atoms. The van der Waals surface area contributed by atoms with E-state index in [1.165, 1.54) is 12.0 Å². The highest BCUT2D eigenvalue weighted by Crippen LogP contribution is 2.14. The molecule has 5 heteroatoms. The number of rotatable bonds is 4. The van der Waals surface area contributed by atoms with Crippen molar-refractivity contribution in [2.24, 2.45) is 0 Å². The summed E-state index contributed by atoms with van der Waals surface area (Å²) in [6.45, 7) is 8.39. The van der Waals surface area contributed by atoms with Gasteiger partial charge in [-0.05, 0) is 25.5 Å². The fraction of sp³-hybridized carbons (Fsp3) is 0.500. The van der Waals surface area contributed by atoms with E-state index in [1.807, 2.05) is 23.1 Å². The highest BCUT2D eigenvalue weighted by Gasteiger charge is 2.16. The molecule has 0 amide bonds. The van der Waals surface area contributed by atoms with Crippen LogP contribution in [-0.2, 0) is 13.1 Å². The van der Waals surface area contributed by atoms with Crippen LogP contribution in [0.1, 0.15) is 18.9 Å². The monoisotopic (exact) mass is 285 g/mol. The minimum Gasteiger partial charge on any atom is -0.355 e. The zero-order valence-electron chi connectivity index (χ0n) is 12.6. The molecule has 1 aliphatic rings. The van der Waals surface area contributed by atoms with Gasteiger partial charge in [0.2, 0.25) is 0 Å². The van der Waals surface area contributed by atoms with Gasteiger partial charge in [-0.25, -0.2) is 4.98 Å². The predicted molar refractivity (Wildman–Crippen MR) is 84.2 cm³/mol. The average molecular weight is 285 g/mol. The molecule has 21 heavy (non-hydrogen) atoms. The molecule has 0 atom stereocenters. The Morgan fingerprint density at radius 3 is 2.86 bits per heavy atom. The SMILES string of the molecule is CCn1cc(CN2CCCN(c3ccccn3)CC2)cn1. The van der Waals surface area contributed by atoms with E-state index in [1.54, 1.807) is 0 Å². The highest BCUT2D eigenvalue weighted by molar-refractivity contribution is 5.37. The fourth-order valence-electron chi connectivity index (χ4n) is 2.82. The van der Waals surface area contributed by atoms with Crippen molar-refractivity contribution < 1.29 is 0 Å². The number of hydrogen-bond donors (Lipinski definition) is 0. The maximum absolute atomic E-state index is 4.46. The van der Waals surface area contributed by atoms with Crippen LogP contribution >= 0.6 is 0 Å². The molecule has 0 unspecified atom stereocenters. The van der Waals surface area contributed by atoms with Crippen LogP contribution in [0.25, 0.3) is 0 Å². The summed E-state index contributed by atoms with van der Waals surface area (Å²) in [5.41, 5.74) is 1.31. The van der Waals surface area contributed by atoms with Crippen molar-refractivity contribution in [2.45, 2.75) is 26.4 Å². The van der Waals surface area contributed by atoms with Crippen LogP contribution < -0.4 is 4.90 Å². The smallest absolute Gasteiger partial charge is 0.128 e. The van der Waals surface area contributed by atoms with Crippen molar-refractivity contribution >= 4 is 5.82 Å². The molecular formula is C16H23N5. The third kappa shape index (κ3) is 3.61. The second-order valence-corrected chi connectivity index (χ2v) is 5.51. The van der Waals surface area contributed by atoms with E-state index >= 15 is 0 Å². The van der Waals surface area contributed by atoms with E-state index in [-0.39, 0.29) is 0 Å². The number of pyridine rings is 1. The van der Waals surface area contributed by atoms with Gasteiger partial charge >= 0.3 is 0 Å². The third-order valence-corrected chi connectivity index (χ3v) is 3.98. The molecular weight excluding hydrogens is 262 g/mol. The first-order valence-corrected chi connectivity index (χ1v) is 7.75. The molecule has 5 nitrogen and oxygen atoms in total. The fourth-order valence-corrected chi connectivity index (χ4v) is 2.82. The highest BCUT2D eigenvalue weighted by atomic mass is 15.3. The Labute approximate surface area is 126 Å². The van der Waals surface area contributed by atoms with Gasteiger partial charge in [0.1, 0.15) is 5.82 Å². The number of hydrogen-bond acceptors (Lipinski definition) is 4. The largest absolute Gasteiger partial charge is 0.355 e. The maximum Gasteiger partial charge on any atom is 0.128 e. The van der Waals surface area contributed by atoms with Gasteiger partial charge in [0.15, 0.2) is 0 Å². The van der Waals surface area contributed by atoms with Crippen LogP contribution in [0.15, 0.2) is 36.8 Å². The Morgan fingerprint density at radius 1 is 1.14 bits per heavy atom. The van der Waals surface area contributed by atoms with Crippen molar-refractivity contribution in [3.05, 3.63) is 42.4 Å². The summed E-state index contributed by atoms with van der Waals surface area (Å²) < 4.78 is 1.99. The second-order valence-electron chi connectivity index (χ2n) is 5.51. The van der Waals surface area contributed by atoms with E-state index in [0.29, 0.717) is 0 Å². The van der Waals surface area contributed by atoms with Crippen LogP contribution in [0.5, 0.6) is 0 Å². The van der Waals surface area contributed by atoms with Crippen molar-refractivity contribution in [1.82, 2.24) is 19.7 Å². The third-order valence-electron chi connectivity index (χ3n) is 3.98. The summed E-state index contributed by atoms with van der Waals surface area (Å²) in [6.07, 6.45) is 7.20. The Morgan fingerprint density at radius 2 is 2.10 bits per heavy atom. The lowest BCUT2D eigenvalue weighted by atomic mass is 10.3. The minimum atomic E-state index is 0.938. The van der Waals surface area contributed by atoms with Gasteiger partial charge in [0, 0.05) is 57.2 Å². The van der Waals surface area contributed by atoms with E-state index in [4.69, 9.17) is 0 Å². The maximum atomic E-state index is 4.46. The summed E-state index contributed by atoms with van der Waals surface area (Å²) in [5, 5.41) is 4.36. The van der Waals surface area contributed by atoms with E-state index in [2.05, 4.69) is 45.1 Å². The predicted octanol–water partition coefficient (Wildman–Crippen LogP) is 2.01. The van der Waals surface area contributed by atoms with Gasteiger partial charge in [0.05, 0.1) is 6.20 Å². The molecule has 0 radical (unpaired) electrons. The molecule has 2 aromatic heterocycles. The molecule has 1 fully saturated rings. The summed E-state index contributed by atoms with van der Waals surface area (Å²) in [5.74, 6) is 1.10. The zero-order valence-corrected chi connectivity index (χ0v) is 12.6. The Hall–Kier alpha value is -1.88. The molecule has 0 aromatic carbocycles. The first-order valence-electron chi connectivity index (χ1n) is 7.75. The Balaban J connectivity index is 1.58. The molecule has 0 N–H and O–H groups in total. The standard InChI is InChI=1S/C16H23N5/c1-2-21-14-15(12-18-21)13-19-8-5-9-20(11-10-19)16-6-3-4-7-17-16/h3-4,6-7,12,14H,2,5,8-11,13H2,1H3. The lowest BCUT2D eigenvalue weighted by molar-refractivity contribution is 0.285. The molecule has 1 saturated heterocycles. The van der Waals surface area contributed by atoms with Crippen LogP contribution in [0.3, 0.4) is 0 Å². The number of nitrogens with zero attached hydrogens (tertiary/aromatic N) is 5. The molecule has 3 rings (SSSR count). The van der Waals surface area contributed by atoms with Crippen molar-refractivity contribution in [1.29, 1.82) is 0 Å². The first-order chi connectivity index (χ1) is 10.3. The molecule has 2 aromatic rings. The zero-order chi connectivity index (χ0) is 14.5. The van der Waals surface area contributed by atoms with Crippen LogP contribution in [0.2, 0.25) is 0 Å². The van der Waals surface area contributed by atoms with E-state index in [0.717, 1.165) is 45.1 Å². The first kappa shape index (κ1) is 14.1. The van der Waals surface area contributed by atoms with Gasteiger partial charge < -0.3 is 4.90 Å². The average Bonchev–Trinajstić information content (AvgIpc) is 2.85. The van der Waals surface area contributed by atoms with Gasteiger partial charge in [-0.15, -0.1) is 0 Å². The lowest BCUT2D eigenvalue weighted by Crippen LogP contribution is -2.30. The molecule has 1 aliphatic heterocycles. The quantitative estimate of drug-likeness (QED) is 0.861. The summed E-state index contributed by atoms with van der Waals surface area (Å²) in [6, 6.07) is 6.13. The van der Waals surface area contributed by atoms with Crippen molar-refractivity contribution in [2.75, 3.05) is 31.1 Å². The summed E-state index contributed by atoms with van der Waals surface area (Å²) in [7, 11) is 0. The van der Waals surface area contributed by atoms with Gasteiger partial charge in [-0.1, -0.05) is 6.07 Å².